The van der Waals surface area contributed by atoms with Crippen LogP contribution in [0.5, 0.6) is 0 Å². The molecule has 0 saturated heterocycles. The van der Waals surface area contributed by atoms with Gasteiger partial charge in [0, 0.05) is 18.3 Å². The van der Waals surface area contributed by atoms with Crippen LogP contribution in [0, 0.1) is 10.1 Å². The lowest BCUT2D eigenvalue weighted by molar-refractivity contribution is -0.385. The summed E-state index contributed by atoms with van der Waals surface area (Å²) in [6.07, 6.45) is 1.22. The van der Waals surface area contributed by atoms with Gasteiger partial charge in [0.2, 0.25) is 0 Å². The molecule has 0 amide bonds. The van der Waals surface area contributed by atoms with Crippen molar-refractivity contribution in [3.63, 3.8) is 0 Å². The largest absolute Gasteiger partial charge is 0.393 e. The monoisotopic (exact) mass is 198 g/mol. The Morgan fingerprint density at radius 3 is 2.86 bits per heavy atom. The van der Waals surface area contributed by atoms with E-state index in [0.29, 0.717) is 0 Å². The highest BCUT2D eigenvalue weighted by Gasteiger charge is 2.25. The van der Waals surface area contributed by atoms with E-state index in [0.717, 1.165) is 6.07 Å². The first-order chi connectivity index (χ1) is 6.47. The standard InChI is InChI=1S/C8H10N2O4/c1-8(12,5-11)7-4-6(10(13)14)2-3-9-7/h2-4,11-12H,5H2,1H3. The summed E-state index contributed by atoms with van der Waals surface area (Å²) in [5.74, 6) is 0. The van der Waals surface area contributed by atoms with Crippen LogP contribution in [-0.2, 0) is 5.60 Å². The maximum Gasteiger partial charge on any atom is 0.272 e. The van der Waals surface area contributed by atoms with Gasteiger partial charge in [-0.05, 0) is 6.92 Å². The van der Waals surface area contributed by atoms with Gasteiger partial charge in [0.25, 0.3) is 5.69 Å². The fourth-order valence-electron chi connectivity index (χ4n) is 0.908. The summed E-state index contributed by atoms with van der Waals surface area (Å²) >= 11 is 0. The van der Waals surface area contributed by atoms with Gasteiger partial charge in [0.05, 0.1) is 17.2 Å². The number of nitro groups is 1. The van der Waals surface area contributed by atoms with Gasteiger partial charge < -0.3 is 10.2 Å². The van der Waals surface area contributed by atoms with Crippen LogP contribution in [0.4, 0.5) is 5.69 Å². The molecule has 0 spiro atoms. The summed E-state index contributed by atoms with van der Waals surface area (Å²) in [6, 6.07) is 2.35. The van der Waals surface area contributed by atoms with Crippen LogP contribution in [0.3, 0.4) is 0 Å². The summed E-state index contributed by atoms with van der Waals surface area (Å²) < 4.78 is 0. The molecule has 6 nitrogen and oxygen atoms in total. The molecule has 1 unspecified atom stereocenters. The van der Waals surface area contributed by atoms with E-state index >= 15 is 0 Å². The summed E-state index contributed by atoms with van der Waals surface area (Å²) in [6.45, 7) is 0.792. The Kier molecular flexibility index (Phi) is 2.78. The van der Waals surface area contributed by atoms with Crippen molar-refractivity contribution in [2.45, 2.75) is 12.5 Å². The van der Waals surface area contributed by atoms with Gasteiger partial charge >= 0.3 is 0 Å². The highest BCUT2D eigenvalue weighted by atomic mass is 16.6. The molecular weight excluding hydrogens is 188 g/mol. The average Bonchev–Trinajstić information content (AvgIpc) is 2.18. The molecular formula is C8H10N2O4. The minimum Gasteiger partial charge on any atom is -0.393 e. The SMILES string of the molecule is CC(O)(CO)c1cc([N+](=O)[O-])ccn1. The zero-order valence-electron chi connectivity index (χ0n) is 7.54. The molecule has 0 aliphatic carbocycles. The van der Waals surface area contributed by atoms with Crippen LogP contribution in [0.15, 0.2) is 18.3 Å². The molecule has 1 aromatic heterocycles. The van der Waals surface area contributed by atoms with Gasteiger partial charge in [-0.2, -0.15) is 0 Å². The van der Waals surface area contributed by atoms with E-state index in [1.807, 2.05) is 0 Å². The third-order valence-corrected chi connectivity index (χ3v) is 1.81. The molecule has 0 fully saturated rings. The van der Waals surface area contributed by atoms with Gasteiger partial charge in [0.15, 0.2) is 0 Å². The van der Waals surface area contributed by atoms with Gasteiger partial charge in [-0.1, -0.05) is 0 Å². The molecule has 1 aromatic rings. The normalized spacial score (nSPS) is 14.8. The molecule has 0 bridgehead atoms. The van der Waals surface area contributed by atoms with E-state index in [4.69, 9.17) is 5.11 Å². The van der Waals surface area contributed by atoms with Crippen molar-refractivity contribution in [1.29, 1.82) is 0 Å². The summed E-state index contributed by atoms with van der Waals surface area (Å²) in [5.41, 5.74) is -1.63. The Labute approximate surface area is 80.0 Å². The van der Waals surface area contributed by atoms with Crippen molar-refractivity contribution in [2.24, 2.45) is 0 Å². The molecule has 1 atom stereocenters. The van der Waals surface area contributed by atoms with Crippen LogP contribution >= 0.6 is 0 Å². The summed E-state index contributed by atoms with van der Waals surface area (Å²) in [4.78, 5) is 13.6. The van der Waals surface area contributed by atoms with Crippen LogP contribution in [-0.4, -0.2) is 26.7 Å². The molecule has 0 aliphatic rings. The molecule has 0 aromatic carbocycles. The Bertz CT molecular complexity index is 351. The first-order valence-corrected chi connectivity index (χ1v) is 3.91. The first-order valence-electron chi connectivity index (χ1n) is 3.91. The lowest BCUT2D eigenvalue weighted by atomic mass is 10.0. The zero-order valence-corrected chi connectivity index (χ0v) is 7.54. The van der Waals surface area contributed by atoms with Crippen LogP contribution in [0.1, 0.15) is 12.6 Å². The van der Waals surface area contributed by atoms with Crippen LogP contribution in [0.2, 0.25) is 0 Å². The van der Waals surface area contributed by atoms with Crippen molar-refractivity contribution in [3.8, 4) is 0 Å². The Balaban J connectivity index is 3.12. The predicted octanol–water partition coefficient (Wildman–Crippen LogP) is 0.190. The number of nitrogens with zero attached hydrogens (tertiary/aromatic N) is 2. The van der Waals surface area contributed by atoms with Gasteiger partial charge in [0.1, 0.15) is 5.60 Å². The lowest BCUT2D eigenvalue weighted by Crippen LogP contribution is -2.27. The Hall–Kier alpha value is -1.53. The fourth-order valence-corrected chi connectivity index (χ4v) is 0.908. The Morgan fingerprint density at radius 1 is 1.71 bits per heavy atom. The number of hydrogen-bond acceptors (Lipinski definition) is 5. The lowest BCUT2D eigenvalue weighted by Gasteiger charge is -2.18. The third kappa shape index (κ3) is 2.04. The van der Waals surface area contributed by atoms with Crippen molar-refractivity contribution in [1.82, 2.24) is 4.98 Å². The minimum atomic E-state index is -1.55. The Morgan fingerprint density at radius 2 is 2.36 bits per heavy atom. The highest BCUT2D eigenvalue weighted by molar-refractivity contribution is 5.31. The number of hydrogen-bond donors (Lipinski definition) is 2. The zero-order chi connectivity index (χ0) is 10.8. The van der Waals surface area contributed by atoms with Gasteiger partial charge in [-0.25, -0.2) is 0 Å². The van der Waals surface area contributed by atoms with Crippen molar-refractivity contribution < 1.29 is 15.1 Å². The number of rotatable bonds is 3. The first kappa shape index (κ1) is 10.6. The summed E-state index contributed by atoms with van der Waals surface area (Å²) in [5, 5.41) is 28.8. The molecule has 6 heteroatoms. The maximum atomic E-state index is 10.4. The van der Waals surface area contributed by atoms with E-state index in [2.05, 4.69) is 4.98 Å². The molecule has 0 aliphatic heterocycles. The van der Waals surface area contributed by atoms with Crippen molar-refractivity contribution >= 4 is 5.69 Å². The minimum absolute atomic E-state index is 0.0780. The van der Waals surface area contributed by atoms with E-state index in [1.165, 1.54) is 19.2 Å². The topological polar surface area (TPSA) is 96.5 Å². The third-order valence-electron chi connectivity index (χ3n) is 1.81. The van der Waals surface area contributed by atoms with Crippen molar-refractivity contribution in [3.05, 3.63) is 34.1 Å². The molecule has 1 heterocycles. The molecule has 76 valence electrons. The molecule has 0 saturated carbocycles. The highest BCUT2D eigenvalue weighted by Crippen LogP contribution is 2.21. The summed E-state index contributed by atoms with van der Waals surface area (Å²) in [7, 11) is 0. The molecule has 0 radical (unpaired) electrons. The van der Waals surface area contributed by atoms with Crippen molar-refractivity contribution in [2.75, 3.05) is 6.61 Å². The molecule has 14 heavy (non-hydrogen) atoms. The van der Waals surface area contributed by atoms with Crippen LogP contribution in [0.25, 0.3) is 0 Å². The van der Waals surface area contributed by atoms with E-state index < -0.39 is 17.1 Å². The number of aliphatic hydroxyl groups is 2. The average molecular weight is 198 g/mol. The number of pyridine rings is 1. The number of aliphatic hydroxyl groups excluding tert-OH is 1. The van der Waals surface area contributed by atoms with Gasteiger partial charge in [-0.15, -0.1) is 0 Å². The van der Waals surface area contributed by atoms with Gasteiger partial charge in [-0.3, -0.25) is 15.1 Å². The van der Waals surface area contributed by atoms with E-state index in [9.17, 15) is 15.2 Å². The predicted molar refractivity (Wildman–Crippen MR) is 47.5 cm³/mol. The maximum absolute atomic E-state index is 10.4. The second-order valence-electron chi connectivity index (χ2n) is 3.09. The second-order valence-corrected chi connectivity index (χ2v) is 3.09. The number of aromatic nitrogens is 1. The van der Waals surface area contributed by atoms with Crippen LogP contribution < -0.4 is 0 Å². The second kappa shape index (κ2) is 3.69. The van der Waals surface area contributed by atoms with E-state index in [-0.39, 0.29) is 11.4 Å². The smallest absolute Gasteiger partial charge is 0.272 e. The molecule has 2 N–H and O–H groups in total. The fraction of sp³-hybridized carbons (Fsp3) is 0.375. The quantitative estimate of drug-likeness (QED) is 0.533. The molecule has 1 rings (SSSR count). The van der Waals surface area contributed by atoms with E-state index in [1.54, 1.807) is 0 Å².